The lowest BCUT2D eigenvalue weighted by molar-refractivity contribution is -0.126. The molecule has 0 unspecified atom stereocenters. The van der Waals surface area contributed by atoms with Gasteiger partial charge in [0.2, 0.25) is 11.8 Å². The number of aryl methyl sites for hydroxylation is 2. The van der Waals surface area contributed by atoms with Crippen molar-refractivity contribution in [1.29, 1.82) is 0 Å². The lowest BCUT2D eigenvalue weighted by atomic mass is 10.0. The average molecular weight is 1160 g/mol. The van der Waals surface area contributed by atoms with Crippen LogP contribution in [0.15, 0.2) is 80.4 Å². The quantitative estimate of drug-likeness (QED) is 0.105. The lowest BCUT2D eigenvalue weighted by Gasteiger charge is -2.27. The molecule has 0 aliphatic carbocycles. The molecule has 0 radical (unpaired) electrons. The van der Waals surface area contributed by atoms with Gasteiger partial charge in [0.25, 0.3) is 11.1 Å². The van der Waals surface area contributed by atoms with Gasteiger partial charge in [-0.1, -0.05) is 22.7 Å². The topological polar surface area (TPSA) is 254 Å². The predicted octanol–water partition coefficient (Wildman–Crippen LogP) is 4.14. The van der Waals surface area contributed by atoms with Gasteiger partial charge in [0.15, 0.2) is 0 Å². The molecule has 28 heteroatoms. The van der Waals surface area contributed by atoms with E-state index in [0.29, 0.717) is 64.2 Å². The Bertz CT molecular complexity index is 3890. The standard InChI is InChI=1S/C27H31FN6O6S.C26H29FN6O6S/c1-16-22-23(36)33(27(2)13-21(35)31(3)15-27)26(37)32(25(22)41-24(16)34-29-8-9-30-34)14-20(40-11-10-38-4)18-12-17(28)6-7-19(18)39-5;1-15-21-22(35)32(26(2)12-20(34)28-14-26)25(36)31(24(21)40-23(15)33-29-7-8-30-33)13-19(39-10-9-37-3)17-11-16(27)5-6-18(17)38-4/h6-9,12,20H,10-11,13-15H2,1-5H3;5-8,11,19H,9-10,12-14H2,1-4H3,(H,28,34)/t20-,27-;19-,26-/m00/s1. The van der Waals surface area contributed by atoms with E-state index in [9.17, 15) is 37.5 Å². The molecule has 8 aromatic rings. The zero-order valence-corrected chi connectivity index (χ0v) is 47.5. The SMILES string of the molecule is COCCO[C@@H](Cn1c(=O)n([C@@]2(C)CC(=O)N(C)C2)c(=O)c2c(C)c(-n3nccn3)sc21)c1cc(F)ccc1OC.COCCO[C@@H](Cn1c(=O)n([C@]2(C)CNC(=O)C2)c(=O)c2c(C)c(-n3nccn3)sc21)c1cc(F)ccc1OC. The van der Waals surface area contributed by atoms with Crippen LogP contribution in [0.3, 0.4) is 0 Å². The number of hydrogen-bond acceptors (Lipinski definition) is 18. The van der Waals surface area contributed by atoms with Crippen LogP contribution >= 0.6 is 22.7 Å². The van der Waals surface area contributed by atoms with Crippen molar-refractivity contribution in [2.75, 3.05) is 75.0 Å². The number of amides is 2. The molecular formula is C53H60F2N12O12S2. The van der Waals surface area contributed by atoms with E-state index in [1.54, 1.807) is 34.7 Å². The number of hydrogen-bond donors (Lipinski definition) is 1. The summed E-state index contributed by atoms with van der Waals surface area (Å²) in [6, 6.07) is 8.14. The summed E-state index contributed by atoms with van der Waals surface area (Å²) < 4.78 is 67.6. The first-order valence-corrected chi connectivity index (χ1v) is 27.1. The Morgan fingerprint density at radius 1 is 0.630 bits per heavy atom. The normalized spacial score (nSPS) is 17.9. The molecule has 1 N–H and O–H groups in total. The van der Waals surface area contributed by atoms with Crippen molar-refractivity contribution in [3.8, 4) is 21.5 Å². The number of likely N-dealkylation sites (N-methyl/N-ethyl adjacent to an activating group) is 1. The van der Waals surface area contributed by atoms with E-state index >= 15 is 0 Å². The van der Waals surface area contributed by atoms with Crippen molar-refractivity contribution in [3.63, 3.8) is 0 Å². The fourth-order valence-corrected chi connectivity index (χ4v) is 12.9. The molecule has 8 heterocycles. The van der Waals surface area contributed by atoms with Gasteiger partial charge >= 0.3 is 11.4 Å². The maximum absolute atomic E-state index is 14.5. The Balaban J connectivity index is 0.000000196. The molecule has 4 atom stereocenters. The van der Waals surface area contributed by atoms with Gasteiger partial charge in [0.1, 0.15) is 55.0 Å². The third kappa shape index (κ3) is 11.1. The van der Waals surface area contributed by atoms with Crippen molar-refractivity contribution >= 4 is 54.9 Å². The second-order valence-electron chi connectivity index (χ2n) is 20.0. The number of halogens is 2. The number of carbonyl (C=O) groups is 2. The Morgan fingerprint density at radius 2 is 1.06 bits per heavy atom. The second-order valence-corrected chi connectivity index (χ2v) is 21.9. The molecule has 6 aromatic heterocycles. The molecule has 0 spiro atoms. The Labute approximate surface area is 468 Å². The van der Waals surface area contributed by atoms with E-state index in [0.717, 1.165) is 4.57 Å². The summed E-state index contributed by atoms with van der Waals surface area (Å²) in [4.78, 5) is 86.4. The molecule has 2 saturated heterocycles. The van der Waals surface area contributed by atoms with Crippen LogP contribution in [-0.2, 0) is 52.7 Å². The fraction of sp³-hybridized carbons (Fsp3) is 0.434. The summed E-state index contributed by atoms with van der Waals surface area (Å²) in [5, 5.41) is 21.3. The molecule has 0 saturated carbocycles. The summed E-state index contributed by atoms with van der Waals surface area (Å²) in [5.41, 5.74) is -2.45. The van der Waals surface area contributed by atoms with Crippen LogP contribution in [0, 0.1) is 25.5 Å². The van der Waals surface area contributed by atoms with Gasteiger partial charge in [-0.15, -0.1) is 9.59 Å². The van der Waals surface area contributed by atoms with Crippen molar-refractivity contribution < 1.29 is 46.8 Å². The fourth-order valence-electron chi connectivity index (χ4n) is 10.4. The number of thiophene rings is 2. The third-order valence-electron chi connectivity index (χ3n) is 14.4. The van der Waals surface area contributed by atoms with Gasteiger partial charge in [-0.25, -0.2) is 18.4 Å². The van der Waals surface area contributed by atoms with Crippen molar-refractivity contribution in [2.24, 2.45) is 0 Å². The molecule has 2 amide bonds. The van der Waals surface area contributed by atoms with Crippen LogP contribution < -0.4 is 37.3 Å². The first-order chi connectivity index (χ1) is 38.8. The molecule has 2 fully saturated rings. The average Bonchev–Trinajstić information content (AvgIpc) is 4.42. The minimum Gasteiger partial charge on any atom is -0.496 e. The number of likely N-dealkylation sites (tertiary alicyclic amines) is 1. The van der Waals surface area contributed by atoms with Gasteiger partial charge < -0.3 is 38.6 Å². The highest BCUT2D eigenvalue weighted by molar-refractivity contribution is 7.21. The number of fused-ring (bicyclic) bond motifs is 2. The van der Waals surface area contributed by atoms with Gasteiger partial charge in [-0.05, 0) is 64.1 Å². The lowest BCUT2D eigenvalue weighted by Crippen LogP contribution is -2.51. The second kappa shape index (κ2) is 23.8. The van der Waals surface area contributed by atoms with E-state index in [1.165, 1.54) is 140 Å². The number of ether oxygens (including phenoxy) is 6. The predicted molar refractivity (Wildman–Crippen MR) is 294 cm³/mol. The molecule has 2 aromatic carbocycles. The van der Waals surface area contributed by atoms with Gasteiger partial charge in [-0.2, -0.15) is 20.4 Å². The van der Waals surface area contributed by atoms with Crippen molar-refractivity contribution in [2.45, 2.75) is 76.9 Å². The van der Waals surface area contributed by atoms with E-state index in [-0.39, 0.29) is 77.3 Å². The summed E-state index contributed by atoms with van der Waals surface area (Å²) in [6.07, 6.45) is 4.33. The molecule has 2 aliphatic rings. The largest absolute Gasteiger partial charge is 0.496 e. The number of benzene rings is 2. The summed E-state index contributed by atoms with van der Waals surface area (Å²) in [7, 11) is 7.63. The summed E-state index contributed by atoms with van der Waals surface area (Å²) >= 11 is 2.38. The van der Waals surface area contributed by atoms with Crippen LogP contribution in [0.1, 0.15) is 61.2 Å². The molecule has 2 aliphatic heterocycles. The minimum absolute atomic E-state index is 0.00755. The van der Waals surface area contributed by atoms with Crippen LogP contribution in [0.5, 0.6) is 11.5 Å². The van der Waals surface area contributed by atoms with Crippen molar-refractivity contribution in [1.82, 2.24) is 58.5 Å². The summed E-state index contributed by atoms with van der Waals surface area (Å²) in [6.45, 7) is 7.94. The third-order valence-corrected chi connectivity index (χ3v) is 16.9. The van der Waals surface area contributed by atoms with Gasteiger partial charge in [0.05, 0.1) is 113 Å². The maximum Gasteiger partial charge on any atom is 0.332 e. The number of aromatic nitrogens is 10. The zero-order valence-electron chi connectivity index (χ0n) is 45.9. The van der Waals surface area contributed by atoms with E-state index in [1.807, 2.05) is 0 Å². The zero-order chi connectivity index (χ0) is 58.1. The molecule has 10 rings (SSSR count). The van der Waals surface area contributed by atoms with Crippen LogP contribution in [0.4, 0.5) is 8.78 Å². The highest BCUT2D eigenvalue weighted by Crippen LogP contribution is 2.37. The monoisotopic (exact) mass is 1160 g/mol. The Morgan fingerprint density at radius 3 is 1.43 bits per heavy atom. The van der Waals surface area contributed by atoms with E-state index < -0.39 is 57.4 Å². The first kappa shape index (κ1) is 57.9. The smallest absolute Gasteiger partial charge is 0.332 e. The minimum atomic E-state index is -1.09. The highest BCUT2D eigenvalue weighted by atomic mass is 32.1. The summed E-state index contributed by atoms with van der Waals surface area (Å²) in [5.74, 6) is -0.662. The number of nitrogens with zero attached hydrogens (tertiary/aromatic N) is 11. The van der Waals surface area contributed by atoms with Crippen LogP contribution in [-0.4, -0.2) is 140 Å². The Kier molecular flexibility index (Phi) is 17.0. The highest BCUT2D eigenvalue weighted by Gasteiger charge is 2.43. The van der Waals surface area contributed by atoms with Gasteiger partial charge in [0, 0.05) is 56.6 Å². The maximum atomic E-state index is 14.5. The van der Waals surface area contributed by atoms with Crippen molar-refractivity contribution in [3.05, 3.63) is 137 Å². The number of rotatable bonds is 20. The molecule has 81 heavy (non-hydrogen) atoms. The number of nitrogens with one attached hydrogen (secondary N) is 1. The van der Waals surface area contributed by atoms with Gasteiger partial charge in [-0.3, -0.25) is 37.4 Å². The Hall–Kier alpha value is -7.76. The number of methoxy groups -OCH3 is 4. The molecule has 430 valence electrons. The van der Waals surface area contributed by atoms with Crippen LogP contribution in [0.2, 0.25) is 0 Å². The number of carbonyl (C=O) groups excluding carboxylic acids is 2. The molecular weight excluding hydrogens is 1100 g/mol. The van der Waals surface area contributed by atoms with E-state index in [2.05, 4.69) is 25.7 Å². The van der Waals surface area contributed by atoms with E-state index in [4.69, 9.17) is 28.4 Å². The van der Waals surface area contributed by atoms with Crippen LogP contribution in [0.25, 0.3) is 30.4 Å². The molecule has 0 bridgehead atoms. The first-order valence-electron chi connectivity index (χ1n) is 25.5. The molecule has 24 nitrogen and oxygen atoms in total.